The fourth-order valence-corrected chi connectivity index (χ4v) is 1.59. The molecule has 16 heavy (non-hydrogen) atoms. The highest BCUT2D eigenvalue weighted by atomic mass is 15.4. The molecular weight excluding hydrogens is 200 g/mol. The fourth-order valence-electron chi connectivity index (χ4n) is 1.59. The molecule has 0 aliphatic carbocycles. The summed E-state index contributed by atoms with van der Waals surface area (Å²) in [5, 5.41) is 11.2. The summed E-state index contributed by atoms with van der Waals surface area (Å²) >= 11 is 0. The first-order valence-corrected chi connectivity index (χ1v) is 5.92. The quantitative estimate of drug-likeness (QED) is 0.540. The van der Waals surface area contributed by atoms with Crippen molar-refractivity contribution in [3.05, 3.63) is 24.5 Å². The van der Waals surface area contributed by atoms with E-state index in [9.17, 15) is 0 Å². The molecule has 0 saturated heterocycles. The Morgan fingerprint density at radius 3 is 3.00 bits per heavy atom. The molecular formula is C12H22N4. The lowest BCUT2D eigenvalue weighted by molar-refractivity contribution is 0.479. The molecule has 0 spiro atoms. The predicted molar refractivity (Wildman–Crippen MR) is 66.0 cm³/mol. The summed E-state index contributed by atoms with van der Waals surface area (Å²) in [6.45, 7) is 6.78. The van der Waals surface area contributed by atoms with E-state index in [1.165, 1.54) is 19.3 Å². The van der Waals surface area contributed by atoms with Gasteiger partial charge in [-0.25, -0.2) is 0 Å². The van der Waals surface area contributed by atoms with Crippen molar-refractivity contribution in [1.82, 2.24) is 20.3 Å². The smallest absolute Gasteiger partial charge is 0.0738 e. The first-order chi connectivity index (χ1) is 7.74. The largest absolute Gasteiger partial charge is 0.309 e. The summed E-state index contributed by atoms with van der Waals surface area (Å²) in [5.74, 6) is 0. The number of rotatable bonds is 8. The van der Waals surface area contributed by atoms with Crippen LogP contribution in [0.25, 0.3) is 0 Å². The van der Waals surface area contributed by atoms with Crippen molar-refractivity contribution in [2.45, 2.75) is 45.2 Å². The van der Waals surface area contributed by atoms with Crippen LogP contribution in [0.15, 0.2) is 18.9 Å². The Morgan fingerprint density at radius 2 is 2.38 bits per heavy atom. The molecule has 1 rings (SSSR count). The van der Waals surface area contributed by atoms with Crippen LogP contribution < -0.4 is 5.32 Å². The SMILES string of the molecule is C=CCCCCC(C)NCc1cnnn1C. The Bertz CT molecular complexity index is 306. The predicted octanol–water partition coefficient (Wildman–Crippen LogP) is 2.04. The normalized spacial score (nSPS) is 12.6. The van der Waals surface area contributed by atoms with Gasteiger partial charge in [0.1, 0.15) is 0 Å². The highest BCUT2D eigenvalue weighted by Gasteiger charge is 2.03. The van der Waals surface area contributed by atoms with E-state index in [1.807, 2.05) is 13.1 Å². The minimum absolute atomic E-state index is 0.541. The van der Waals surface area contributed by atoms with Gasteiger partial charge in [0.15, 0.2) is 0 Å². The van der Waals surface area contributed by atoms with Gasteiger partial charge in [0.25, 0.3) is 0 Å². The van der Waals surface area contributed by atoms with Crippen LogP contribution in [0.2, 0.25) is 0 Å². The van der Waals surface area contributed by atoms with Crippen LogP contribution in [0.1, 0.15) is 38.3 Å². The maximum absolute atomic E-state index is 3.90. The molecule has 1 heterocycles. The molecule has 0 saturated carbocycles. The number of nitrogens with zero attached hydrogens (tertiary/aromatic N) is 3. The van der Waals surface area contributed by atoms with Gasteiger partial charge in [0.05, 0.1) is 11.9 Å². The van der Waals surface area contributed by atoms with Crippen molar-refractivity contribution in [2.75, 3.05) is 0 Å². The molecule has 1 N–H and O–H groups in total. The van der Waals surface area contributed by atoms with Gasteiger partial charge in [-0.1, -0.05) is 17.7 Å². The Kier molecular flexibility index (Phi) is 5.78. The number of aryl methyl sites for hydroxylation is 1. The average Bonchev–Trinajstić information content (AvgIpc) is 2.67. The molecule has 0 radical (unpaired) electrons. The van der Waals surface area contributed by atoms with E-state index in [0.717, 1.165) is 18.7 Å². The van der Waals surface area contributed by atoms with E-state index >= 15 is 0 Å². The van der Waals surface area contributed by atoms with Crippen molar-refractivity contribution in [3.8, 4) is 0 Å². The summed E-state index contributed by atoms with van der Waals surface area (Å²) < 4.78 is 1.80. The molecule has 0 aromatic carbocycles. The molecule has 0 aliphatic heterocycles. The third kappa shape index (κ3) is 4.57. The molecule has 4 nitrogen and oxygen atoms in total. The Labute approximate surface area is 97.7 Å². The second kappa shape index (κ2) is 7.17. The van der Waals surface area contributed by atoms with Crippen molar-refractivity contribution in [2.24, 2.45) is 7.05 Å². The molecule has 1 aromatic heterocycles. The van der Waals surface area contributed by atoms with E-state index in [2.05, 4.69) is 29.1 Å². The number of aromatic nitrogens is 3. The summed E-state index contributed by atoms with van der Waals surface area (Å²) in [4.78, 5) is 0. The van der Waals surface area contributed by atoms with E-state index in [-0.39, 0.29) is 0 Å². The second-order valence-electron chi connectivity index (χ2n) is 4.20. The van der Waals surface area contributed by atoms with E-state index in [4.69, 9.17) is 0 Å². The van der Waals surface area contributed by atoms with Crippen LogP contribution in [-0.4, -0.2) is 21.0 Å². The fraction of sp³-hybridized carbons (Fsp3) is 0.667. The minimum atomic E-state index is 0.541. The molecule has 0 bridgehead atoms. The van der Waals surface area contributed by atoms with Gasteiger partial charge >= 0.3 is 0 Å². The second-order valence-corrected chi connectivity index (χ2v) is 4.20. The molecule has 1 aromatic rings. The van der Waals surface area contributed by atoms with Crippen LogP contribution in [0, 0.1) is 0 Å². The van der Waals surface area contributed by atoms with Gasteiger partial charge in [-0.2, -0.15) is 0 Å². The number of unbranched alkanes of at least 4 members (excludes halogenated alkanes) is 2. The average molecular weight is 222 g/mol. The summed E-state index contributed by atoms with van der Waals surface area (Å²) in [5.41, 5.74) is 1.12. The molecule has 1 unspecified atom stereocenters. The van der Waals surface area contributed by atoms with Crippen LogP contribution in [0.4, 0.5) is 0 Å². The maximum atomic E-state index is 3.90. The standard InChI is InChI=1S/C12H22N4/c1-4-5-6-7-8-11(2)13-9-12-10-14-15-16(12)3/h4,10-11,13H,1,5-9H2,2-3H3. The van der Waals surface area contributed by atoms with Gasteiger partial charge in [0, 0.05) is 19.6 Å². The topological polar surface area (TPSA) is 42.7 Å². The number of nitrogens with one attached hydrogen (secondary N) is 1. The molecule has 0 aliphatic rings. The minimum Gasteiger partial charge on any atom is -0.309 e. The zero-order valence-electron chi connectivity index (χ0n) is 10.3. The van der Waals surface area contributed by atoms with Crippen LogP contribution in [-0.2, 0) is 13.6 Å². The lowest BCUT2D eigenvalue weighted by Crippen LogP contribution is -2.26. The van der Waals surface area contributed by atoms with Crippen molar-refractivity contribution in [1.29, 1.82) is 0 Å². The third-order valence-electron chi connectivity index (χ3n) is 2.74. The molecule has 0 fully saturated rings. The van der Waals surface area contributed by atoms with E-state index in [0.29, 0.717) is 6.04 Å². The van der Waals surface area contributed by atoms with Crippen molar-refractivity contribution in [3.63, 3.8) is 0 Å². The van der Waals surface area contributed by atoms with Gasteiger partial charge in [-0.3, -0.25) is 4.68 Å². The monoisotopic (exact) mass is 222 g/mol. The molecule has 0 amide bonds. The van der Waals surface area contributed by atoms with Crippen molar-refractivity contribution < 1.29 is 0 Å². The Morgan fingerprint density at radius 1 is 1.56 bits per heavy atom. The van der Waals surface area contributed by atoms with E-state index in [1.54, 1.807) is 10.9 Å². The Balaban J connectivity index is 2.13. The number of hydrogen-bond acceptors (Lipinski definition) is 3. The molecule has 90 valence electrons. The van der Waals surface area contributed by atoms with E-state index < -0.39 is 0 Å². The maximum Gasteiger partial charge on any atom is 0.0738 e. The first kappa shape index (κ1) is 12.9. The third-order valence-corrected chi connectivity index (χ3v) is 2.74. The van der Waals surface area contributed by atoms with Gasteiger partial charge in [0.2, 0.25) is 0 Å². The molecule has 1 atom stereocenters. The summed E-state index contributed by atoms with van der Waals surface area (Å²) in [6, 6.07) is 0.541. The zero-order chi connectivity index (χ0) is 11.8. The summed E-state index contributed by atoms with van der Waals surface area (Å²) in [6.07, 6.45) is 8.61. The highest BCUT2D eigenvalue weighted by Crippen LogP contribution is 2.04. The summed E-state index contributed by atoms with van der Waals surface area (Å²) in [7, 11) is 1.92. The van der Waals surface area contributed by atoms with Crippen LogP contribution in [0.5, 0.6) is 0 Å². The van der Waals surface area contributed by atoms with Gasteiger partial charge in [-0.15, -0.1) is 11.7 Å². The molecule has 4 heteroatoms. The lowest BCUT2D eigenvalue weighted by atomic mass is 10.1. The Hall–Kier alpha value is -1.16. The van der Waals surface area contributed by atoms with Crippen LogP contribution in [0.3, 0.4) is 0 Å². The first-order valence-electron chi connectivity index (χ1n) is 5.92. The van der Waals surface area contributed by atoms with Gasteiger partial charge < -0.3 is 5.32 Å². The zero-order valence-corrected chi connectivity index (χ0v) is 10.3. The highest BCUT2D eigenvalue weighted by molar-refractivity contribution is 4.92. The van der Waals surface area contributed by atoms with Crippen molar-refractivity contribution >= 4 is 0 Å². The van der Waals surface area contributed by atoms with Gasteiger partial charge in [-0.05, 0) is 26.2 Å². The van der Waals surface area contributed by atoms with Crippen LogP contribution >= 0.6 is 0 Å². The lowest BCUT2D eigenvalue weighted by Gasteiger charge is -2.13. The number of hydrogen-bond donors (Lipinski definition) is 1. The number of allylic oxidation sites excluding steroid dienone is 1.